The largest absolute Gasteiger partial charge is 0.492 e. The van der Waals surface area contributed by atoms with Gasteiger partial charge in [-0.1, -0.05) is 13.8 Å². The van der Waals surface area contributed by atoms with Crippen LogP contribution in [0.15, 0.2) is 18.3 Å². The lowest BCUT2D eigenvalue weighted by Crippen LogP contribution is -2.20. The van der Waals surface area contributed by atoms with Gasteiger partial charge in [0.2, 0.25) is 0 Å². The molecule has 1 atom stereocenters. The van der Waals surface area contributed by atoms with Crippen LogP contribution in [0.5, 0.6) is 5.75 Å². The zero-order valence-corrected chi connectivity index (χ0v) is 11.6. The van der Waals surface area contributed by atoms with E-state index in [1.54, 1.807) is 13.3 Å². The van der Waals surface area contributed by atoms with E-state index in [1.807, 2.05) is 12.1 Å². The first-order chi connectivity index (χ1) is 8.81. The maximum atomic E-state index is 5.57. The van der Waals surface area contributed by atoms with Gasteiger partial charge in [0, 0.05) is 26.2 Å². The summed E-state index contributed by atoms with van der Waals surface area (Å²) in [5.41, 5.74) is 1.07. The number of pyridine rings is 1. The van der Waals surface area contributed by atoms with Crippen LogP contribution < -0.4 is 10.1 Å². The third kappa shape index (κ3) is 5.02. The summed E-state index contributed by atoms with van der Waals surface area (Å²) in [5.74, 6) is 0.821. The van der Waals surface area contributed by atoms with E-state index in [0.717, 1.165) is 37.4 Å². The first-order valence-corrected chi connectivity index (χ1v) is 6.62. The van der Waals surface area contributed by atoms with E-state index in [1.165, 1.54) is 0 Å². The van der Waals surface area contributed by atoms with Gasteiger partial charge in [-0.05, 0) is 25.1 Å². The monoisotopic (exact) mass is 252 g/mol. The highest BCUT2D eigenvalue weighted by Crippen LogP contribution is 2.17. The van der Waals surface area contributed by atoms with Crippen molar-refractivity contribution >= 4 is 0 Å². The molecule has 1 heterocycles. The number of rotatable bonds is 9. The topological polar surface area (TPSA) is 43.4 Å². The summed E-state index contributed by atoms with van der Waals surface area (Å²) in [6.45, 7) is 6.61. The van der Waals surface area contributed by atoms with Crippen molar-refractivity contribution in [1.29, 1.82) is 0 Å². The Balaban J connectivity index is 2.45. The van der Waals surface area contributed by atoms with Crippen LogP contribution in [-0.4, -0.2) is 31.9 Å². The number of nitrogens with zero attached hydrogens (tertiary/aromatic N) is 1. The van der Waals surface area contributed by atoms with Crippen LogP contribution in [0.4, 0.5) is 0 Å². The molecule has 0 amide bonds. The van der Waals surface area contributed by atoms with Crippen molar-refractivity contribution in [1.82, 2.24) is 10.3 Å². The molecule has 0 saturated carbocycles. The van der Waals surface area contributed by atoms with E-state index >= 15 is 0 Å². The molecule has 0 aromatic carbocycles. The Bertz CT molecular complexity index is 314. The smallest absolute Gasteiger partial charge is 0.137 e. The zero-order chi connectivity index (χ0) is 13.2. The van der Waals surface area contributed by atoms with Gasteiger partial charge in [0.25, 0.3) is 0 Å². The highest BCUT2D eigenvalue weighted by atomic mass is 16.5. The second kappa shape index (κ2) is 8.89. The van der Waals surface area contributed by atoms with Crippen LogP contribution in [0.25, 0.3) is 0 Å². The first kappa shape index (κ1) is 14.9. The van der Waals surface area contributed by atoms with Crippen LogP contribution in [-0.2, 0) is 4.74 Å². The number of methoxy groups -OCH3 is 1. The van der Waals surface area contributed by atoms with Crippen LogP contribution in [0.1, 0.15) is 38.4 Å². The summed E-state index contributed by atoms with van der Waals surface area (Å²) in [7, 11) is 1.70. The third-order valence-corrected chi connectivity index (χ3v) is 2.74. The third-order valence-electron chi connectivity index (χ3n) is 2.74. The zero-order valence-electron chi connectivity index (χ0n) is 11.6. The van der Waals surface area contributed by atoms with Gasteiger partial charge in [-0.25, -0.2) is 0 Å². The van der Waals surface area contributed by atoms with E-state index < -0.39 is 0 Å². The molecule has 1 unspecified atom stereocenters. The van der Waals surface area contributed by atoms with Crippen LogP contribution in [0.3, 0.4) is 0 Å². The standard InChI is InChI=1S/C14H24N2O2/c1-4-13(15-5-2)14-8-7-12(11-16-14)18-10-6-9-17-3/h7-8,11,13,15H,4-6,9-10H2,1-3H3. The normalized spacial score (nSPS) is 12.4. The molecule has 0 aliphatic rings. The average Bonchev–Trinajstić information content (AvgIpc) is 2.42. The molecule has 0 saturated heterocycles. The molecule has 0 bridgehead atoms. The van der Waals surface area contributed by atoms with Gasteiger partial charge in [0.15, 0.2) is 0 Å². The Morgan fingerprint density at radius 2 is 2.11 bits per heavy atom. The summed E-state index contributed by atoms with van der Waals surface area (Å²) < 4.78 is 10.5. The minimum Gasteiger partial charge on any atom is -0.492 e. The fourth-order valence-electron chi connectivity index (χ4n) is 1.78. The van der Waals surface area contributed by atoms with Gasteiger partial charge in [0.1, 0.15) is 5.75 Å². The lowest BCUT2D eigenvalue weighted by atomic mass is 10.1. The Labute approximate surface area is 110 Å². The molecule has 0 radical (unpaired) electrons. The van der Waals surface area contributed by atoms with E-state index in [2.05, 4.69) is 24.1 Å². The van der Waals surface area contributed by atoms with Gasteiger partial charge in [-0.15, -0.1) is 0 Å². The Kier molecular flexibility index (Phi) is 7.37. The molecule has 4 heteroatoms. The molecule has 18 heavy (non-hydrogen) atoms. The van der Waals surface area contributed by atoms with Gasteiger partial charge < -0.3 is 14.8 Å². The molecule has 1 aromatic heterocycles. The van der Waals surface area contributed by atoms with Crippen molar-refractivity contribution in [2.75, 3.05) is 26.9 Å². The number of hydrogen-bond donors (Lipinski definition) is 1. The quantitative estimate of drug-likeness (QED) is 0.686. The maximum absolute atomic E-state index is 5.57. The van der Waals surface area contributed by atoms with E-state index in [-0.39, 0.29) is 0 Å². The van der Waals surface area contributed by atoms with Gasteiger partial charge >= 0.3 is 0 Å². The summed E-state index contributed by atoms with van der Waals surface area (Å²) in [4.78, 5) is 4.45. The highest BCUT2D eigenvalue weighted by molar-refractivity contribution is 5.21. The number of aromatic nitrogens is 1. The molecule has 1 rings (SSSR count). The molecular weight excluding hydrogens is 228 g/mol. The second-order valence-corrected chi connectivity index (χ2v) is 4.13. The molecule has 1 N–H and O–H groups in total. The summed E-state index contributed by atoms with van der Waals surface area (Å²) in [6.07, 6.45) is 3.73. The van der Waals surface area contributed by atoms with E-state index in [4.69, 9.17) is 9.47 Å². The Morgan fingerprint density at radius 1 is 1.28 bits per heavy atom. The SMILES string of the molecule is CCNC(CC)c1ccc(OCCCOC)cn1. The van der Waals surface area contributed by atoms with Crippen molar-refractivity contribution in [3.63, 3.8) is 0 Å². The molecule has 0 aliphatic carbocycles. The molecule has 102 valence electrons. The fourth-order valence-corrected chi connectivity index (χ4v) is 1.78. The van der Waals surface area contributed by atoms with Crippen molar-refractivity contribution in [2.45, 2.75) is 32.7 Å². The molecule has 0 aliphatic heterocycles. The number of nitrogens with one attached hydrogen (secondary N) is 1. The van der Waals surface area contributed by atoms with Gasteiger partial charge in [0.05, 0.1) is 18.5 Å². The molecule has 1 aromatic rings. The summed E-state index contributed by atoms with van der Waals surface area (Å²) in [5, 5.41) is 3.41. The van der Waals surface area contributed by atoms with Crippen molar-refractivity contribution < 1.29 is 9.47 Å². The fraction of sp³-hybridized carbons (Fsp3) is 0.643. The van der Waals surface area contributed by atoms with Crippen LogP contribution >= 0.6 is 0 Å². The second-order valence-electron chi connectivity index (χ2n) is 4.13. The van der Waals surface area contributed by atoms with Crippen molar-refractivity contribution in [3.8, 4) is 5.75 Å². The highest BCUT2D eigenvalue weighted by Gasteiger charge is 2.08. The van der Waals surface area contributed by atoms with E-state index in [0.29, 0.717) is 12.6 Å². The molecule has 0 spiro atoms. The predicted molar refractivity (Wildman–Crippen MR) is 72.9 cm³/mol. The number of ether oxygens (including phenoxy) is 2. The van der Waals surface area contributed by atoms with Gasteiger partial charge in [-0.3, -0.25) is 4.98 Å². The summed E-state index contributed by atoms with van der Waals surface area (Å²) >= 11 is 0. The maximum Gasteiger partial charge on any atom is 0.137 e. The number of hydrogen-bond acceptors (Lipinski definition) is 4. The molecule has 0 fully saturated rings. The van der Waals surface area contributed by atoms with Gasteiger partial charge in [-0.2, -0.15) is 0 Å². The van der Waals surface area contributed by atoms with Crippen molar-refractivity contribution in [2.24, 2.45) is 0 Å². The van der Waals surface area contributed by atoms with Crippen LogP contribution in [0.2, 0.25) is 0 Å². The molecular formula is C14H24N2O2. The Morgan fingerprint density at radius 3 is 2.67 bits per heavy atom. The first-order valence-electron chi connectivity index (χ1n) is 6.62. The molecule has 4 nitrogen and oxygen atoms in total. The lowest BCUT2D eigenvalue weighted by Gasteiger charge is -2.15. The predicted octanol–water partition coefficient (Wildman–Crippen LogP) is 2.56. The minimum atomic E-state index is 0.331. The van der Waals surface area contributed by atoms with Crippen LogP contribution in [0, 0.1) is 0 Å². The average molecular weight is 252 g/mol. The van der Waals surface area contributed by atoms with Crippen molar-refractivity contribution in [3.05, 3.63) is 24.0 Å². The summed E-state index contributed by atoms with van der Waals surface area (Å²) in [6, 6.07) is 4.34. The lowest BCUT2D eigenvalue weighted by molar-refractivity contribution is 0.172. The minimum absolute atomic E-state index is 0.331. The van der Waals surface area contributed by atoms with E-state index in [9.17, 15) is 0 Å². The Hall–Kier alpha value is -1.13.